The van der Waals surface area contributed by atoms with Gasteiger partial charge in [-0.05, 0) is 31.2 Å². The number of benzene rings is 1. The number of carbonyl (C=O) groups is 1. The highest BCUT2D eigenvalue weighted by Crippen LogP contribution is 2.15. The Hall–Kier alpha value is -2.76. The van der Waals surface area contributed by atoms with E-state index in [2.05, 4.69) is 5.32 Å². The molecule has 0 radical (unpaired) electrons. The maximum atomic E-state index is 12.1. The van der Waals surface area contributed by atoms with E-state index in [1.54, 1.807) is 42.9 Å². The summed E-state index contributed by atoms with van der Waals surface area (Å²) in [5.74, 6) is 0.737. The Morgan fingerprint density at radius 1 is 1.18 bits per heavy atom. The van der Waals surface area contributed by atoms with Crippen LogP contribution in [0.3, 0.4) is 0 Å². The van der Waals surface area contributed by atoms with Crippen molar-refractivity contribution < 1.29 is 14.3 Å². The standard InChI is InChI=1S/C16H18N2O4/c1-11-8-14(19)15(22-3)9-18(11)10-16(20)17-12-4-6-13(21-2)7-5-12/h4-9H,10H2,1-3H3,(H,17,20). The summed E-state index contributed by atoms with van der Waals surface area (Å²) < 4.78 is 11.7. The molecule has 1 aromatic heterocycles. The van der Waals surface area contributed by atoms with E-state index in [0.717, 1.165) is 5.75 Å². The monoisotopic (exact) mass is 302 g/mol. The van der Waals surface area contributed by atoms with Crippen LogP contribution in [-0.4, -0.2) is 24.7 Å². The number of aryl methyl sites for hydroxylation is 1. The zero-order valence-electron chi connectivity index (χ0n) is 12.8. The molecule has 0 aliphatic heterocycles. The number of carbonyl (C=O) groups excluding carboxylic acids is 1. The molecule has 2 rings (SSSR count). The molecule has 1 N–H and O–H groups in total. The molecule has 0 atom stereocenters. The number of ether oxygens (including phenoxy) is 2. The molecule has 6 nitrogen and oxygen atoms in total. The minimum absolute atomic E-state index is 0.0918. The van der Waals surface area contributed by atoms with Crippen LogP contribution in [0.2, 0.25) is 0 Å². The second-order valence-corrected chi connectivity index (χ2v) is 4.75. The zero-order valence-corrected chi connectivity index (χ0v) is 12.8. The Morgan fingerprint density at radius 3 is 2.45 bits per heavy atom. The number of nitrogens with zero attached hydrogens (tertiary/aromatic N) is 1. The van der Waals surface area contributed by atoms with Crippen LogP contribution in [0.1, 0.15) is 5.69 Å². The fourth-order valence-electron chi connectivity index (χ4n) is 2.00. The van der Waals surface area contributed by atoms with Crippen molar-refractivity contribution in [3.05, 3.63) is 52.4 Å². The van der Waals surface area contributed by atoms with Crippen molar-refractivity contribution in [2.75, 3.05) is 19.5 Å². The van der Waals surface area contributed by atoms with Crippen LogP contribution in [-0.2, 0) is 11.3 Å². The van der Waals surface area contributed by atoms with Gasteiger partial charge in [-0.15, -0.1) is 0 Å². The number of anilines is 1. The molecule has 0 fully saturated rings. The van der Waals surface area contributed by atoms with Crippen LogP contribution in [0.15, 0.2) is 41.3 Å². The molecule has 0 bridgehead atoms. The number of aromatic nitrogens is 1. The summed E-state index contributed by atoms with van der Waals surface area (Å²) in [6.45, 7) is 1.86. The van der Waals surface area contributed by atoms with Crippen molar-refractivity contribution >= 4 is 11.6 Å². The van der Waals surface area contributed by atoms with Gasteiger partial charge in [-0.1, -0.05) is 0 Å². The third-order valence-electron chi connectivity index (χ3n) is 3.22. The predicted molar refractivity (Wildman–Crippen MR) is 83.6 cm³/mol. The quantitative estimate of drug-likeness (QED) is 0.914. The average molecular weight is 302 g/mol. The first-order chi connectivity index (χ1) is 10.5. The number of methoxy groups -OCH3 is 2. The summed E-state index contributed by atoms with van der Waals surface area (Å²) in [6.07, 6.45) is 1.53. The second kappa shape index (κ2) is 6.80. The highest BCUT2D eigenvalue weighted by molar-refractivity contribution is 5.90. The highest BCUT2D eigenvalue weighted by Gasteiger charge is 2.08. The van der Waals surface area contributed by atoms with Gasteiger partial charge in [0.15, 0.2) is 5.75 Å². The van der Waals surface area contributed by atoms with Gasteiger partial charge in [0.05, 0.1) is 20.4 Å². The molecule has 0 aliphatic rings. The van der Waals surface area contributed by atoms with Crippen LogP contribution in [0, 0.1) is 6.92 Å². The fraction of sp³-hybridized carbons (Fsp3) is 0.250. The molecule has 0 aliphatic carbocycles. The smallest absolute Gasteiger partial charge is 0.244 e. The Bertz CT molecular complexity index is 720. The van der Waals surface area contributed by atoms with Crippen molar-refractivity contribution in [1.82, 2.24) is 4.57 Å². The first-order valence-electron chi connectivity index (χ1n) is 6.72. The lowest BCUT2D eigenvalue weighted by Gasteiger charge is -2.12. The normalized spacial score (nSPS) is 10.1. The van der Waals surface area contributed by atoms with Gasteiger partial charge in [0.2, 0.25) is 11.3 Å². The third kappa shape index (κ3) is 3.66. The van der Waals surface area contributed by atoms with Crippen molar-refractivity contribution in [1.29, 1.82) is 0 Å². The minimum atomic E-state index is -0.202. The molecule has 116 valence electrons. The molecule has 0 unspecified atom stereocenters. The molecule has 1 aromatic carbocycles. The first-order valence-corrected chi connectivity index (χ1v) is 6.72. The molecule has 2 aromatic rings. The minimum Gasteiger partial charge on any atom is -0.497 e. The summed E-state index contributed by atoms with van der Waals surface area (Å²) in [7, 11) is 3.01. The Labute approximate surface area is 128 Å². The van der Waals surface area contributed by atoms with E-state index in [4.69, 9.17) is 9.47 Å². The van der Waals surface area contributed by atoms with Gasteiger partial charge in [-0.25, -0.2) is 0 Å². The lowest BCUT2D eigenvalue weighted by atomic mass is 10.3. The molecule has 6 heteroatoms. The summed E-state index contributed by atoms with van der Waals surface area (Å²) in [5, 5.41) is 2.79. The first kappa shape index (κ1) is 15.6. The van der Waals surface area contributed by atoms with Gasteiger partial charge in [-0.2, -0.15) is 0 Å². The topological polar surface area (TPSA) is 69.6 Å². The van der Waals surface area contributed by atoms with E-state index in [1.165, 1.54) is 19.4 Å². The molecular formula is C16H18N2O4. The molecule has 0 saturated heterocycles. The van der Waals surface area contributed by atoms with E-state index >= 15 is 0 Å². The second-order valence-electron chi connectivity index (χ2n) is 4.75. The van der Waals surface area contributed by atoms with Crippen LogP contribution in [0.25, 0.3) is 0 Å². The van der Waals surface area contributed by atoms with Gasteiger partial charge in [-0.3, -0.25) is 9.59 Å². The summed E-state index contributed by atoms with van der Waals surface area (Å²) >= 11 is 0. The van der Waals surface area contributed by atoms with E-state index in [0.29, 0.717) is 11.4 Å². The number of hydrogen-bond acceptors (Lipinski definition) is 4. The van der Waals surface area contributed by atoms with Crippen LogP contribution < -0.4 is 20.2 Å². The van der Waals surface area contributed by atoms with Crippen molar-refractivity contribution in [2.24, 2.45) is 0 Å². The summed E-state index contributed by atoms with van der Waals surface area (Å²) in [4.78, 5) is 23.7. The van der Waals surface area contributed by atoms with Crippen LogP contribution in [0.5, 0.6) is 11.5 Å². The van der Waals surface area contributed by atoms with Gasteiger partial charge in [0.1, 0.15) is 12.3 Å². The number of hydrogen-bond donors (Lipinski definition) is 1. The Balaban J connectivity index is 2.09. The predicted octanol–water partition coefficient (Wildman–Crippen LogP) is 1.81. The number of nitrogens with one attached hydrogen (secondary N) is 1. The van der Waals surface area contributed by atoms with Crippen molar-refractivity contribution in [3.8, 4) is 11.5 Å². The molecule has 0 saturated carbocycles. The number of pyridine rings is 1. The molecule has 0 spiro atoms. The zero-order chi connectivity index (χ0) is 16.1. The van der Waals surface area contributed by atoms with Gasteiger partial charge >= 0.3 is 0 Å². The molecule has 1 heterocycles. The average Bonchev–Trinajstić information content (AvgIpc) is 2.50. The number of rotatable bonds is 5. The maximum absolute atomic E-state index is 12.1. The van der Waals surface area contributed by atoms with E-state index in [9.17, 15) is 9.59 Å². The molecular weight excluding hydrogens is 284 g/mol. The highest BCUT2D eigenvalue weighted by atomic mass is 16.5. The third-order valence-corrected chi connectivity index (χ3v) is 3.22. The van der Waals surface area contributed by atoms with E-state index in [1.807, 2.05) is 0 Å². The van der Waals surface area contributed by atoms with Crippen LogP contribution >= 0.6 is 0 Å². The lowest BCUT2D eigenvalue weighted by Crippen LogP contribution is -2.21. The summed E-state index contributed by atoms with van der Waals surface area (Å²) in [5.41, 5.74) is 1.17. The lowest BCUT2D eigenvalue weighted by molar-refractivity contribution is -0.116. The van der Waals surface area contributed by atoms with Crippen LogP contribution in [0.4, 0.5) is 5.69 Å². The van der Waals surface area contributed by atoms with Crippen molar-refractivity contribution in [2.45, 2.75) is 13.5 Å². The van der Waals surface area contributed by atoms with Gasteiger partial charge in [0, 0.05) is 17.4 Å². The SMILES string of the molecule is COc1ccc(NC(=O)Cn2cc(OC)c(=O)cc2C)cc1. The maximum Gasteiger partial charge on any atom is 0.244 e. The van der Waals surface area contributed by atoms with Crippen molar-refractivity contribution in [3.63, 3.8) is 0 Å². The Morgan fingerprint density at radius 2 is 1.86 bits per heavy atom. The largest absolute Gasteiger partial charge is 0.497 e. The molecule has 1 amide bonds. The Kier molecular flexibility index (Phi) is 4.83. The van der Waals surface area contributed by atoms with E-state index < -0.39 is 0 Å². The number of amides is 1. The van der Waals surface area contributed by atoms with Gasteiger partial charge < -0.3 is 19.4 Å². The summed E-state index contributed by atoms with van der Waals surface area (Å²) in [6, 6.07) is 8.50. The van der Waals surface area contributed by atoms with Gasteiger partial charge in [0.25, 0.3) is 0 Å². The fourth-order valence-corrected chi connectivity index (χ4v) is 2.00. The molecule has 22 heavy (non-hydrogen) atoms. The van der Waals surface area contributed by atoms with E-state index in [-0.39, 0.29) is 23.6 Å².